The fraction of sp³-hybridized carbons (Fsp3) is 0.471. The lowest BCUT2D eigenvalue weighted by molar-refractivity contribution is -0.270. The molecule has 0 spiro atoms. The summed E-state index contributed by atoms with van der Waals surface area (Å²) < 4.78 is 77.8. The van der Waals surface area contributed by atoms with Crippen molar-refractivity contribution in [2.45, 2.75) is 31.1 Å². The molecule has 3 rings (SSSR count). The second-order valence-electron chi connectivity index (χ2n) is 6.88. The van der Waals surface area contributed by atoms with E-state index in [1.165, 1.54) is 5.32 Å². The van der Waals surface area contributed by atoms with Crippen molar-refractivity contribution >= 4 is 27.7 Å². The zero-order chi connectivity index (χ0) is 23.0. The van der Waals surface area contributed by atoms with Gasteiger partial charge >= 0.3 is 12.1 Å². The Kier molecular flexibility index (Phi) is 6.10. The molecule has 0 aliphatic carbocycles. The maximum absolute atomic E-state index is 14.2. The second kappa shape index (κ2) is 8.31. The molecule has 3 unspecified atom stereocenters. The number of carbonyl (C=O) groups is 2. The number of nitrogens with one attached hydrogen (secondary N) is 1. The number of hydrogen-bond donors (Lipinski definition) is 1. The Morgan fingerprint density at radius 3 is 2.61 bits per heavy atom. The Morgan fingerprint density at radius 2 is 1.97 bits per heavy atom. The number of halogens is 4. The number of amides is 2. The quantitative estimate of drug-likeness (QED) is 0.458. The van der Waals surface area contributed by atoms with Crippen molar-refractivity contribution in [3.05, 3.63) is 23.8 Å². The Hall–Kier alpha value is -2.92. The van der Waals surface area contributed by atoms with Crippen LogP contribution >= 0.6 is 0 Å². The number of carbonyl (C=O) groups excluding carboxylic acids is 2. The molecule has 2 saturated heterocycles. The van der Waals surface area contributed by atoms with Crippen LogP contribution in [-0.4, -0.2) is 71.7 Å². The van der Waals surface area contributed by atoms with E-state index in [1.807, 2.05) is 0 Å². The molecule has 0 radical (unpaired) electrons. The van der Waals surface area contributed by atoms with Gasteiger partial charge in [0.15, 0.2) is 5.82 Å². The highest BCUT2D eigenvalue weighted by Gasteiger charge is 2.42. The van der Waals surface area contributed by atoms with E-state index >= 15 is 0 Å². The van der Waals surface area contributed by atoms with Crippen LogP contribution in [0, 0.1) is 17.7 Å². The lowest BCUT2D eigenvalue weighted by Crippen LogP contribution is -2.62. The number of anilines is 1. The highest BCUT2D eigenvalue weighted by Crippen LogP contribution is 2.27. The third-order valence-corrected chi connectivity index (χ3v) is 6.77. The van der Waals surface area contributed by atoms with Crippen LogP contribution in [0.3, 0.4) is 0 Å². The molecule has 2 fully saturated rings. The van der Waals surface area contributed by atoms with Crippen molar-refractivity contribution in [3.8, 4) is 11.8 Å². The minimum Gasteiger partial charge on any atom is -0.530 e. The first kappa shape index (κ1) is 22.8. The number of rotatable bonds is 1. The molecular formula is C17H15F4N4O5S-. The summed E-state index contributed by atoms with van der Waals surface area (Å²) in [4.78, 5) is 26.9. The largest absolute Gasteiger partial charge is 0.530 e. The van der Waals surface area contributed by atoms with E-state index in [9.17, 15) is 40.7 Å². The van der Waals surface area contributed by atoms with Crippen molar-refractivity contribution in [2.75, 3.05) is 24.2 Å². The van der Waals surface area contributed by atoms with Gasteiger partial charge in [-0.15, -0.1) is 0 Å². The molecule has 168 valence electrons. The molecular weight excluding hydrogens is 448 g/mol. The Bertz CT molecular complexity index is 1070. The summed E-state index contributed by atoms with van der Waals surface area (Å²) in [5.74, 6) is 0.888. The molecule has 3 heterocycles. The van der Waals surface area contributed by atoms with E-state index in [2.05, 4.69) is 16.8 Å². The predicted molar refractivity (Wildman–Crippen MR) is 95.2 cm³/mol. The first-order valence-electron chi connectivity index (χ1n) is 8.90. The molecule has 0 saturated carbocycles. The van der Waals surface area contributed by atoms with E-state index in [-0.39, 0.29) is 25.3 Å². The number of aromatic nitrogens is 1. The van der Waals surface area contributed by atoms with Crippen LogP contribution in [0.4, 0.5) is 28.0 Å². The van der Waals surface area contributed by atoms with Gasteiger partial charge in [0.2, 0.25) is 10.0 Å². The molecule has 2 bridgehead atoms. The standard InChI is InChI=1S/C17H16F4N4O5S/c18-13-6-22-7-14(23-15(26)17(19,20)21)12(13)4-3-11-8-24(16(27)28)10-2-1-5-31(29,30)25(11)9-10/h6-7,10-11H,1-2,5,8-9H2,(H,23,26)(H,27,28)/p-1. The molecule has 2 aliphatic heterocycles. The van der Waals surface area contributed by atoms with Gasteiger partial charge in [0.05, 0.1) is 29.4 Å². The molecule has 1 aromatic heterocycles. The van der Waals surface area contributed by atoms with Gasteiger partial charge in [0, 0.05) is 19.1 Å². The first-order valence-corrected chi connectivity index (χ1v) is 10.5. The Morgan fingerprint density at radius 1 is 1.26 bits per heavy atom. The minimum atomic E-state index is -5.25. The molecule has 9 nitrogen and oxygen atoms in total. The van der Waals surface area contributed by atoms with Gasteiger partial charge < -0.3 is 20.1 Å². The van der Waals surface area contributed by atoms with E-state index in [4.69, 9.17) is 0 Å². The summed E-state index contributed by atoms with van der Waals surface area (Å²) >= 11 is 0. The summed E-state index contributed by atoms with van der Waals surface area (Å²) in [7, 11) is -3.79. The molecule has 2 amide bonds. The van der Waals surface area contributed by atoms with Crippen LogP contribution in [0.5, 0.6) is 0 Å². The molecule has 1 aromatic rings. The number of fused-ring (bicyclic) bond motifs is 2. The maximum atomic E-state index is 14.2. The van der Waals surface area contributed by atoms with Gasteiger partial charge in [-0.1, -0.05) is 11.8 Å². The SMILES string of the molecule is O=C([O-])N1CC(C#Cc2c(F)cncc2NC(=O)C(F)(F)F)N2CC1CCCS2(=O)=O. The van der Waals surface area contributed by atoms with E-state index in [1.54, 1.807) is 0 Å². The van der Waals surface area contributed by atoms with Gasteiger partial charge in [-0.05, 0) is 12.8 Å². The van der Waals surface area contributed by atoms with Gasteiger partial charge in [-0.2, -0.15) is 17.5 Å². The molecule has 3 atom stereocenters. The molecule has 0 aromatic carbocycles. The lowest BCUT2D eigenvalue weighted by Gasteiger charge is -2.43. The van der Waals surface area contributed by atoms with Gasteiger partial charge in [0.1, 0.15) is 12.1 Å². The van der Waals surface area contributed by atoms with Crippen LogP contribution in [0.25, 0.3) is 0 Å². The van der Waals surface area contributed by atoms with Crippen molar-refractivity contribution in [1.82, 2.24) is 14.2 Å². The van der Waals surface area contributed by atoms with Crippen molar-refractivity contribution in [1.29, 1.82) is 0 Å². The summed E-state index contributed by atoms with van der Waals surface area (Å²) in [6, 6.07) is -1.85. The Balaban J connectivity index is 1.98. The van der Waals surface area contributed by atoms with Crippen LogP contribution < -0.4 is 10.4 Å². The zero-order valence-corrected chi connectivity index (χ0v) is 16.5. The van der Waals surface area contributed by atoms with Crippen LogP contribution in [-0.2, 0) is 14.8 Å². The third-order valence-electron chi connectivity index (χ3n) is 4.85. The number of piperazine rings is 1. The third kappa shape index (κ3) is 4.88. The first-order chi connectivity index (χ1) is 14.4. The van der Waals surface area contributed by atoms with Crippen LogP contribution in [0.1, 0.15) is 18.4 Å². The number of alkyl halides is 3. The number of carboxylic acid groups (broad SMARTS) is 1. The maximum Gasteiger partial charge on any atom is 0.471 e. The Labute approximate surface area is 174 Å². The predicted octanol–water partition coefficient (Wildman–Crippen LogP) is -0.105. The monoisotopic (exact) mass is 463 g/mol. The summed E-state index contributed by atoms with van der Waals surface area (Å²) in [6.45, 7) is -0.553. The van der Waals surface area contributed by atoms with Crippen molar-refractivity contribution in [2.24, 2.45) is 0 Å². The average Bonchev–Trinajstić information content (AvgIpc) is 2.78. The summed E-state index contributed by atoms with van der Waals surface area (Å²) in [5, 5.41) is 12.9. The van der Waals surface area contributed by atoms with Crippen molar-refractivity contribution in [3.63, 3.8) is 0 Å². The fourth-order valence-corrected chi connectivity index (χ4v) is 5.05. The van der Waals surface area contributed by atoms with Crippen LogP contribution in [0.15, 0.2) is 12.4 Å². The van der Waals surface area contributed by atoms with E-state index < -0.39 is 57.4 Å². The number of pyridine rings is 1. The highest BCUT2D eigenvalue weighted by molar-refractivity contribution is 7.89. The molecule has 14 heteroatoms. The van der Waals surface area contributed by atoms with Gasteiger partial charge in [0.25, 0.3) is 0 Å². The number of nitrogens with zero attached hydrogens (tertiary/aromatic N) is 3. The lowest BCUT2D eigenvalue weighted by atomic mass is 10.1. The average molecular weight is 463 g/mol. The van der Waals surface area contributed by atoms with Gasteiger partial charge in [-0.3, -0.25) is 9.78 Å². The zero-order valence-electron chi connectivity index (χ0n) is 15.6. The second-order valence-corrected chi connectivity index (χ2v) is 8.92. The fourth-order valence-electron chi connectivity index (χ4n) is 3.38. The van der Waals surface area contributed by atoms with E-state index in [0.29, 0.717) is 12.6 Å². The highest BCUT2D eigenvalue weighted by atomic mass is 32.2. The van der Waals surface area contributed by atoms with Crippen molar-refractivity contribution < 1.29 is 40.7 Å². The summed E-state index contributed by atoms with van der Waals surface area (Å²) in [5.41, 5.74) is -1.32. The number of hydrogen-bond acceptors (Lipinski definition) is 6. The topological polar surface area (TPSA) is 123 Å². The van der Waals surface area contributed by atoms with Gasteiger partial charge in [-0.25, -0.2) is 12.8 Å². The van der Waals surface area contributed by atoms with E-state index in [0.717, 1.165) is 15.4 Å². The smallest absolute Gasteiger partial charge is 0.471 e. The minimum absolute atomic E-state index is 0.174. The molecule has 2 aliphatic rings. The normalized spacial score (nSPS) is 25.0. The number of sulfonamides is 1. The summed E-state index contributed by atoms with van der Waals surface area (Å²) in [6.07, 6.45) is -4.84. The molecule has 1 N–H and O–H groups in total. The molecule has 31 heavy (non-hydrogen) atoms. The van der Waals surface area contributed by atoms with Crippen LogP contribution in [0.2, 0.25) is 0 Å².